The number of amides is 2. The molecule has 0 bridgehead atoms. The van der Waals surface area contributed by atoms with E-state index in [4.69, 9.17) is 4.42 Å². The van der Waals surface area contributed by atoms with Gasteiger partial charge in [0.1, 0.15) is 0 Å². The lowest BCUT2D eigenvalue weighted by molar-refractivity contribution is -0.120. The first-order chi connectivity index (χ1) is 14.6. The molecule has 8 heteroatoms. The third-order valence-electron chi connectivity index (χ3n) is 4.79. The Labute approximate surface area is 180 Å². The van der Waals surface area contributed by atoms with Crippen LogP contribution in [0.25, 0.3) is 0 Å². The van der Waals surface area contributed by atoms with Crippen molar-refractivity contribution in [2.45, 2.75) is 26.3 Å². The van der Waals surface area contributed by atoms with Gasteiger partial charge in [-0.25, -0.2) is 4.98 Å². The standard InChI is InChI=1S/C22H26N4O3S/c1-3-26(4-2)18(16-9-6-5-7-10-16)14-23-20(27)13-17-15-30-22(24-17)25-21(28)19-11-8-12-29-19/h5-12,15,18H,3-4,13-14H2,1-2H3,(H,23,27)(H,24,25,28). The lowest BCUT2D eigenvalue weighted by atomic mass is 10.0. The molecule has 0 spiro atoms. The van der Waals surface area contributed by atoms with Gasteiger partial charge in [0.15, 0.2) is 10.9 Å². The van der Waals surface area contributed by atoms with Gasteiger partial charge in [-0.2, -0.15) is 0 Å². The maximum absolute atomic E-state index is 12.5. The molecular formula is C22H26N4O3S. The van der Waals surface area contributed by atoms with E-state index in [9.17, 15) is 9.59 Å². The fourth-order valence-corrected chi connectivity index (χ4v) is 3.95. The quantitative estimate of drug-likeness (QED) is 0.516. The third kappa shape index (κ3) is 5.77. The van der Waals surface area contributed by atoms with Crippen LogP contribution in [0.3, 0.4) is 0 Å². The van der Waals surface area contributed by atoms with Crippen LogP contribution in [0.2, 0.25) is 0 Å². The maximum Gasteiger partial charge on any atom is 0.293 e. The summed E-state index contributed by atoms with van der Waals surface area (Å²) in [4.78, 5) is 31.2. The average Bonchev–Trinajstić information content (AvgIpc) is 3.44. The molecule has 1 aromatic carbocycles. The number of carbonyl (C=O) groups excluding carboxylic acids is 2. The van der Waals surface area contributed by atoms with Crippen molar-refractivity contribution in [2.24, 2.45) is 0 Å². The van der Waals surface area contributed by atoms with Crippen molar-refractivity contribution >= 4 is 28.3 Å². The van der Waals surface area contributed by atoms with Crippen LogP contribution in [0.4, 0.5) is 5.13 Å². The van der Waals surface area contributed by atoms with Gasteiger partial charge in [0.2, 0.25) is 5.91 Å². The second-order valence-electron chi connectivity index (χ2n) is 6.70. The van der Waals surface area contributed by atoms with E-state index in [1.165, 1.54) is 23.2 Å². The van der Waals surface area contributed by atoms with Crippen molar-refractivity contribution in [3.63, 3.8) is 0 Å². The highest BCUT2D eigenvalue weighted by Crippen LogP contribution is 2.20. The molecule has 0 fully saturated rings. The Morgan fingerprint density at radius 2 is 1.90 bits per heavy atom. The van der Waals surface area contributed by atoms with Gasteiger partial charge in [0, 0.05) is 11.9 Å². The minimum absolute atomic E-state index is 0.0997. The van der Waals surface area contributed by atoms with Crippen LogP contribution in [0.1, 0.15) is 41.7 Å². The molecule has 3 rings (SSSR count). The number of hydrogen-bond acceptors (Lipinski definition) is 6. The normalized spacial score (nSPS) is 12.0. The fraction of sp³-hybridized carbons (Fsp3) is 0.318. The number of carbonyl (C=O) groups is 2. The number of rotatable bonds is 10. The SMILES string of the molecule is CCN(CC)C(CNC(=O)Cc1csc(NC(=O)c2ccco2)n1)c1ccccc1. The van der Waals surface area contributed by atoms with Gasteiger partial charge in [-0.3, -0.25) is 19.8 Å². The van der Waals surface area contributed by atoms with Crippen molar-refractivity contribution in [3.8, 4) is 0 Å². The van der Waals surface area contributed by atoms with E-state index < -0.39 is 0 Å². The van der Waals surface area contributed by atoms with Crippen LogP contribution in [-0.2, 0) is 11.2 Å². The lowest BCUT2D eigenvalue weighted by Gasteiger charge is -2.30. The van der Waals surface area contributed by atoms with E-state index in [0.717, 1.165) is 13.1 Å². The van der Waals surface area contributed by atoms with Crippen LogP contribution >= 0.6 is 11.3 Å². The summed E-state index contributed by atoms with van der Waals surface area (Å²) >= 11 is 1.28. The van der Waals surface area contributed by atoms with E-state index in [2.05, 4.69) is 46.5 Å². The molecule has 2 heterocycles. The van der Waals surface area contributed by atoms with E-state index in [1.807, 2.05) is 18.2 Å². The van der Waals surface area contributed by atoms with Gasteiger partial charge in [0.05, 0.1) is 24.4 Å². The van der Waals surface area contributed by atoms with Crippen LogP contribution in [0.15, 0.2) is 58.5 Å². The van der Waals surface area contributed by atoms with E-state index in [0.29, 0.717) is 17.4 Å². The molecule has 7 nitrogen and oxygen atoms in total. The summed E-state index contributed by atoms with van der Waals surface area (Å²) < 4.78 is 5.06. The van der Waals surface area contributed by atoms with E-state index in [1.54, 1.807) is 17.5 Å². The molecule has 30 heavy (non-hydrogen) atoms. The average molecular weight is 427 g/mol. The minimum Gasteiger partial charge on any atom is -0.459 e. The number of thiazole rings is 1. The molecule has 0 saturated carbocycles. The maximum atomic E-state index is 12.5. The zero-order valence-electron chi connectivity index (χ0n) is 17.1. The first-order valence-electron chi connectivity index (χ1n) is 9.95. The molecule has 0 radical (unpaired) electrons. The summed E-state index contributed by atoms with van der Waals surface area (Å²) in [5.74, 6) is -0.250. The number of aromatic nitrogens is 1. The third-order valence-corrected chi connectivity index (χ3v) is 5.60. The van der Waals surface area contributed by atoms with Crippen molar-refractivity contribution in [1.82, 2.24) is 15.2 Å². The molecular weight excluding hydrogens is 400 g/mol. The highest BCUT2D eigenvalue weighted by molar-refractivity contribution is 7.14. The number of furan rings is 1. The smallest absolute Gasteiger partial charge is 0.293 e. The summed E-state index contributed by atoms with van der Waals surface area (Å²) in [5.41, 5.74) is 1.80. The number of nitrogens with one attached hydrogen (secondary N) is 2. The Bertz CT molecular complexity index is 936. The summed E-state index contributed by atoms with van der Waals surface area (Å²) in [5, 5.41) is 7.92. The van der Waals surface area contributed by atoms with Crippen molar-refractivity contribution in [1.29, 1.82) is 0 Å². The van der Waals surface area contributed by atoms with Gasteiger partial charge in [-0.1, -0.05) is 44.2 Å². The van der Waals surface area contributed by atoms with Crippen LogP contribution < -0.4 is 10.6 Å². The summed E-state index contributed by atoms with van der Waals surface area (Å²) in [6.45, 7) is 6.56. The number of benzene rings is 1. The fourth-order valence-electron chi connectivity index (χ4n) is 3.25. The number of hydrogen-bond donors (Lipinski definition) is 2. The molecule has 3 aromatic rings. The Balaban J connectivity index is 1.55. The minimum atomic E-state index is -0.365. The summed E-state index contributed by atoms with van der Waals surface area (Å²) in [7, 11) is 0. The Morgan fingerprint density at radius 1 is 1.13 bits per heavy atom. The monoisotopic (exact) mass is 426 g/mol. The Kier molecular flexibility index (Phi) is 7.75. The van der Waals surface area contributed by atoms with Gasteiger partial charge >= 0.3 is 0 Å². The molecule has 2 amide bonds. The predicted molar refractivity (Wildman–Crippen MR) is 118 cm³/mol. The van der Waals surface area contributed by atoms with E-state index in [-0.39, 0.29) is 30.0 Å². The molecule has 1 atom stereocenters. The van der Waals surface area contributed by atoms with Crippen LogP contribution in [0, 0.1) is 0 Å². The molecule has 1 unspecified atom stereocenters. The topological polar surface area (TPSA) is 87.5 Å². The molecule has 0 aliphatic heterocycles. The molecule has 0 saturated heterocycles. The van der Waals surface area contributed by atoms with Crippen LogP contribution in [0.5, 0.6) is 0 Å². The van der Waals surface area contributed by atoms with Gasteiger partial charge in [-0.15, -0.1) is 11.3 Å². The van der Waals surface area contributed by atoms with Crippen molar-refractivity contribution in [3.05, 3.63) is 71.1 Å². The summed E-state index contributed by atoms with van der Waals surface area (Å²) in [6.07, 6.45) is 1.60. The highest BCUT2D eigenvalue weighted by Gasteiger charge is 2.19. The number of anilines is 1. The van der Waals surface area contributed by atoms with Crippen molar-refractivity contribution in [2.75, 3.05) is 25.0 Å². The molecule has 2 N–H and O–H groups in total. The lowest BCUT2D eigenvalue weighted by Crippen LogP contribution is -2.38. The Morgan fingerprint density at radius 3 is 2.57 bits per heavy atom. The van der Waals surface area contributed by atoms with Gasteiger partial charge < -0.3 is 9.73 Å². The zero-order chi connectivity index (χ0) is 21.3. The largest absolute Gasteiger partial charge is 0.459 e. The Hall–Kier alpha value is -2.97. The van der Waals surface area contributed by atoms with Crippen molar-refractivity contribution < 1.29 is 14.0 Å². The molecule has 0 aliphatic rings. The molecule has 2 aromatic heterocycles. The highest BCUT2D eigenvalue weighted by atomic mass is 32.1. The predicted octanol–water partition coefficient (Wildman–Crippen LogP) is 3.73. The van der Waals surface area contributed by atoms with Gasteiger partial charge in [0.25, 0.3) is 5.91 Å². The first-order valence-corrected chi connectivity index (χ1v) is 10.8. The number of likely N-dealkylation sites (N-methyl/N-ethyl adjacent to an activating group) is 1. The molecule has 0 aliphatic carbocycles. The molecule has 158 valence electrons. The second kappa shape index (κ2) is 10.7. The number of nitrogens with zero attached hydrogens (tertiary/aromatic N) is 2. The zero-order valence-corrected chi connectivity index (χ0v) is 17.9. The van der Waals surface area contributed by atoms with Gasteiger partial charge in [-0.05, 0) is 30.8 Å². The van der Waals surface area contributed by atoms with E-state index >= 15 is 0 Å². The summed E-state index contributed by atoms with van der Waals surface area (Å²) in [6, 6.07) is 13.5. The second-order valence-corrected chi connectivity index (χ2v) is 7.56. The van der Waals surface area contributed by atoms with Crippen LogP contribution in [-0.4, -0.2) is 41.3 Å². The first kappa shape index (κ1) is 21.7.